The number of nitro groups is 1. The van der Waals surface area contributed by atoms with E-state index in [2.05, 4.69) is 6.58 Å². The maximum Gasteiger partial charge on any atom is 0.233 e. The fourth-order valence-electron chi connectivity index (χ4n) is 1.99. The van der Waals surface area contributed by atoms with Crippen molar-refractivity contribution < 1.29 is 14.4 Å². The number of rotatable bonds is 10. The first-order valence-electron chi connectivity index (χ1n) is 7.25. The zero-order valence-corrected chi connectivity index (χ0v) is 13.1. The van der Waals surface area contributed by atoms with E-state index in [4.69, 9.17) is 9.47 Å². The second kappa shape index (κ2) is 9.73. The SMILES string of the molecule is C=CCC/C=C/[C@@H](C)O[C@H](C[N+](=O)[O-])c1ccc(OC)cc1. The molecule has 0 spiro atoms. The Hall–Kier alpha value is -2.14. The summed E-state index contributed by atoms with van der Waals surface area (Å²) in [6, 6.07) is 7.13. The molecule has 5 nitrogen and oxygen atoms in total. The molecule has 2 atom stereocenters. The molecule has 5 heteroatoms. The van der Waals surface area contributed by atoms with Crippen LogP contribution in [0.5, 0.6) is 5.75 Å². The van der Waals surface area contributed by atoms with Crippen LogP contribution in [0.25, 0.3) is 0 Å². The Morgan fingerprint density at radius 3 is 2.55 bits per heavy atom. The van der Waals surface area contributed by atoms with Crippen molar-refractivity contribution in [2.45, 2.75) is 32.0 Å². The van der Waals surface area contributed by atoms with E-state index in [-0.39, 0.29) is 17.6 Å². The highest BCUT2D eigenvalue weighted by molar-refractivity contribution is 5.28. The topological polar surface area (TPSA) is 61.6 Å². The zero-order chi connectivity index (χ0) is 16.4. The second-order valence-corrected chi connectivity index (χ2v) is 4.91. The Labute approximate surface area is 131 Å². The predicted molar refractivity (Wildman–Crippen MR) is 86.7 cm³/mol. The van der Waals surface area contributed by atoms with Gasteiger partial charge in [-0.05, 0) is 37.5 Å². The molecule has 0 aliphatic carbocycles. The zero-order valence-electron chi connectivity index (χ0n) is 13.1. The third kappa shape index (κ3) is 6.54. The molecule has 1 aromatic carbocycles. The molecule has 120 valence electrons. The quantitative estimate of drug-likeness (QED) is 0.284. The number of unbranched alkanes of at least 4 members (excludes halogenated alkanes) is 1. The highest BCUT2D eigenvalue weighted by atomic mass is 16.6. The lowest BCUT2D eigenvalue weighted by molar-refractivity contribution is -0.493. The van der Waals surface area contributed by atoms with Gasteiger partial charge in [0.25, 0.3) is 0 Å². The van der Waals surface area contributed by atoms with Gasteiger partial charge in [-0.3, -0.25) is 10.1 Å². The highest BCUT2D eigenvalue weighted by Crippen LogP contribution is 2.22. The number of allylic oxidation sites excluding steroid dienone is 2. The van der Waals surface area contributed by atoms with E-state index in [1.807, 2.05) is 25.2 Å². The van der Waals surface area contributed by atoms with Gasteiger partial charge in [-0.15, -0.1) is 6.58 Å². The van der Waals surface area contributed by atoms with Gasteiger partial charge in [-0.1, -0.05) is 30.4 Å². The van der Waals surface area contributed by atoms with Crippen molar-refractivity contribution in [2.75, 3.05) is 13.7 Å². The summed E-state index contributed by atoms with van der Waals surface area (Å²) < 4.78 is 10.9. The van der Waals surface area contributed by atoms with Crippen LogP contribution >= 0.6 is 0 Å². The number of ether oxygens (including phenoxy) is 2. The maximum atomic E-state index is 10.9. The minimum Gasteiger partial charge on any atom is -0.497 e. The van der Waals surface area contributed by atoms with Crippen LogP contribution < -0.4 is 4.74 Å². The summed E-state index contributed by atoms with van der Waals surface area (Å²) >= 11 is 0. The molecule has 0 saturated heterocycles. The van der Waals surface area contributed by atoms with E-state index in [1.54, 1.807) is 31.4 Å². The van der Waals surface area contributed by atoms with Gasteiger partial charge in [-0.25, -0.2) is 0 Å². The van der Waals surface area contributed by atoms with E-state index in [0.717, 1.165) is 18.4 Å². The Kier molecular flexibility index (Phi) is 7.92. The molecule has 22 heavy (non-hydrogen) atoms. The average molecular weight is 305 g/mol. The summed E-state index contributed by atoms with van der Waals surface area (Å²) in [6.07, 6.45) is 6.78. The van der Waals surface area contributed by atoms with Crippen molar-refractivity contribution in [2.24, 2.45) is 0 Å². The van der Waals surface area contributed by atoms with Crippen molar-refractivity contribution in [3.05, 3.63) is 64.8 Å². The van der Waals surface area contributed by atoms with Crippen LogP contribution in [0.15, 0.2) is 49.1 Å². The maximum absolute atomic E-state index is 10.9. The highest BCUT2D eigenvalue weighted by Gasteiger charge is 2.20. The van der Waals surface area contributed by atoms with Crippen LogP contribution in [0, 0.1) is 10.1 Å². The summed E-state index contributed by atoms with van der Waals surface area (Å²) in [7, 11) is 1.58. The van der Waals surface area contributed by atoms with Crippen molar-refractivity contribution in [1.82, 2.24) is 0 Å². The molecule has 1 aromatic rings. The van der Waals surface area contributed by atoms with Gasteiger partial charge >= 0.3 is 0 Å². The number of hydrogen-bond donors (Lipinski definition) is 0. The number of benzene rings is 1. The first kappa shape index (κ1) is 17.9. The summed E-state index contributed by atoms with van der Waals surface area (Å²) in [6.45, 7) is 5.27. The van der Waals surface area contributed by atoms with Crippen LogP contribution in [-0.2, 0) is 4.74 Å². The molecule has 0 radical (unpaired) electrons. The van der Waals surface area contributed by atoms with Gasteiger partial charge in [0.2, 0.25) is 6.54 Å². The summed E-state index contributed by atoms with van der Waals surface area (Å²) in [5.41, 5.74) is 0.767. The molecule has 0 saturated carbocycles. The first-order valence-corrected chi connectivity index (χ1v) is 7.25. The van der Waals surface area contributed by atoms with Crippen molar-refractivity contribution in [1.29, 1.82) is 0 Å². The Bertz CT molecular complexity index is 496. The van der Waals surface area contributed by atoms with Crippen LogP contribution in [-0.4, -0.2) is 24.7 Å². The fraction of sp³-hybridized carbons (Fsp3) is 0.412. The lowest BCUT2D eigenvalue weighted by Crippen LogP contribution is -2.19. The third-order valence-electron chi connectivity index (χ3n) is 3.13. The smallest absolute Gasteiger partial charge is 0.233 e. The molecule has 1 rings (SSSR count). The van der Waals surface area contributed by atoms with Gasteiger partial charge in [0.1, 0.15) is 11.9 Å². The molecular formula is C17H23NO4. The molecule has 0 unspecified atom stereocenters. The van der Waals surface area contributed by atoms with E-state index in [1.165, 1.54) is 0 Å². The minimum atomic E-state index is -0.583. The Morgan fingerprint density at radius 1 is 1.32 bits per heavy atom. The summed E-state index contributed by atoms with van der Waals surface area (Å²) in [5, 5.41) is 10.9. The van der Waals surface area contributed by atoms with Crippen molar-refractivity contribution >= 4 is 0 Å². The van der Waals surface area contributed by atoms with Crippen LogP contribution in [0.2, 0.25) is 0 Å². The minimum absolute atomic E-state index is 0.197. The fourth-order valence-corrected chi connectivity index (χ4v) is 1.99. The van der Waals surface area contributed by atoms with Crippen LogP contribution in [0.4, 0.5) is 0 Å². The summed E-state index contributed by atoms with van der Waals surface area (Å²) in [5.74, 6) is 0.709. The molecule has 0 fully saturated rings. The largest absolute Gasteiger partial charge is 0.497 e. The van der Waals surface area contributed by atoms with Crippen LogP contribution in [0.3, 0.4) is 0 Å². The standard InChI is InChI=1S/C17H23NO4/c1-4-5-6-7-8-14(2)22-17(13-18(19)20)15-9-11-16(21-3)12-10-15/h4,7-12,14,17H,1,5-6,13H2,2-3H3/b8-7+/t14-,17-/m1/s1. The molecule has 0 aliphatic heterocycles. The van der Waals surface area contributed by atoms with Crippen LogP contribution in [0.1, 0.15) is 31.4 Å². The van der Waals surface area contributed by atoms with Gasteiger partial charge < -0.3 is 9.47 Å². The van der Waals surface area contributed by atoms with E-state index in [0.29, 0.717) is 5.75 Å². The molecular weight excluding hydrogens is 282 g/mol. The van der Waals surface area contributed by atoms with Gasteiger partial charge in [-0.2, -0.15) is 0 Å². The van der Waals surface area contributed by atoms with Gasteiger partial charge in [0.05, 0.1) is 13.2 Å². The van der Waals surface area contributed by atoms with E-state index < -0.39 is 6.10 Å². The first-order chi connectivity index (χ1) is 10.6. The second-order valence-electron chi connectivity index (χ2n) is 4.91. The Balaban J connectivity index is 2.72. The summed E-state index contributed by atoms with van der Waals surface area (Å²) in [4.78, 5) is 10.5. The molecule has 0 aliphatic rings. The third-order valence-corrected chi connectivity index (χ3v) is 3.13. The van der Waals surface area contributed by atoms with Crippen molar-refractivity contribution in [3.8, 4) is 5.75 Å². The monoisotopic (exact) mass is 305 g/mol. The van der Waals surface area contributed by atoms with E-state index in [9.17, 15) is 10.1 Å². The predicted octanol–water partition coefficient (Wildman–Crippen LogP) is 3.94. The lowest BCUT2D eigenvalue weighted by Gasteiger charge is -2.18. The number of nitrogens with zero attached hydrogens (tertiary/aromatic N) is 1. The molecule has 0 heterocycles. The van der Waals surface area contributed by atoms with Gasteiger partial charge in [0, 0.05) is 4.92 Å². The van der Waals surface area contributed by atoms with E-state index >= 15 is 0 Å². The molecule has 0 bridgehead atoms. The number of hydrogen-bond acceptors (Lipinski definition) is 4. The Morgan fingerprint density at radius 2 is 2.00 bits per heavy atom. The normalized spacial score (nSPS) is 13.7. The molecule has 0 N–H and O–H groups in total. The van der Waals surface area contributed by atoms with Crippen molar-refractivity contribution in [3.63, 3.8) is 0 Å². The van der Waals surface area contributed by atoms with Gasteiger partial charge in [0.15, 0.2) is 0 Å². The average Bonchev–Trinajstić information content (AvgIpc) is 2.50. The molecule has 0 amide bonds. The lowest BCUT2D eigenvalue weighted by atomic mass is 10.1. The number of methoxy groups -OCH3 is 1. The molecule has 0 aromatic heterocycles.